The summed E-state index contributed by atoms with van der Waals surface area (Å²) in [6.07, 6.45) is 0. The van der Waals surface area contributed by atoms with Crippen molar-refractivity contribution in [1.82, 2.24) is 14.9 Å². The van der Waals surface area contributed by atoms with Crippen molar-refractivity contribution in [3.8, 4) is 5.75 Å². The van der Waals surface area contributed by atoms with Crippen molar-refractivity contribution in [2.75, 3.05) is 10.8 Å². The number of nitrogens with zero attached hydrogens (tertiary/aromatic N) is 4. The van der Waals surface area contributed by atoms with Gasteiger partial charge in [-0.15, -0.1) is 10.2 Å². The van der Waals surface area contributed by atoms with E-state index in [2.05, 4.69) is 55.2 Å². The molecule has 0 fully saturated rings. The first-order valence-corrected chi connectivity index (χ1v) is 11.0. The fourth-order valence-electron chi connectivity index (χ4n) is 3.18. The zero-order chi connectivity index (χ0) is 21.3. The lowest BCUT2D eigenvalue weighted by Crippen LogP contribution is -2.45. The molecule has 2 heterocycles. The molecule has 4 rings (SSSR count). The van der Waals surface area contributed by atoms with E-state index in [-0.39, 0.29) is 17.9 Å². The maximum atomic E-state index is 12.7. The van der Waals surface area contributed by atoms with Crippen LogP contribution in [0, 0.1) is 0 Å². The van der Waals surface area contributed by atoms with Crippen LogP contribution in [0.1, 0.15) is 37.7 Å². The van der Waals surface area contributed by atoms with Crippen LogP contribution in [-0.4, -0.2) is 26.5 Å². The van der Waals surface area contributed by atoms with Crippen molar-refractivity contribution in [1.29, 1.82) is 0 Å². The smallest absolute Gasteiger partial charge is 0.252 e. The van der Waals surface area contributed by atoms with E-state index in [0.29, 0.717) is 34.1 Å². The Hall–Kier alpha value is -2.51. The molecule has 6 nitrogen and oxygen atoms in total. The fourth-order valence-corrected chi connectivity index (χ4v) is 4.19. The molecule has 0 saturated carbocycles. The number of hydrogen-bond donors (Lipinski definition) is 0. The van der Waals surface area contributed by atoms with E-state index < -0.39 is 0 Å². The van der Waals surface area contributed by atoms with Gasteiger partial charge in [0.2, 0.25) is 5.16 Å². The standard InChI is InChI=1S/C22H23ClN4O2S/c1-22(2,3)16-10-8-15(9-11-16)12-26-20(28)14-30-21-25-24-19(27(21)26)13-29-18-7-5-4-6-17(18)23/h4-11H,12-14H2,1-3H3. The maximum Gasteiger partial charge on any atom is 0.252 e. The third-order valence-electron chi connectivity index (χ3n) is 4.88. The van der Waals surface area contributed by atoms with Gasteiger partial charge in [0, 0.05) is 0 Å². The van der Waals surface area contributed by atoms with E-state index in [4.69, 9.17) is 16.3 Å². The Morgan fingerprint density at radius 1 is 1.10 bits per heavy atom. The summed E-state index contributed by atoms with van der Waals surface area (Å²) in [7, 11) is 0. The summed E-state index contributed by atoms with van der Waals surface area (Å²) < 4.78 is 7.59. The van der Waals surface area contributed by atoms with Gasteiger partial charge in [-0.3, -0.25) is 4.79 Å². The number of amides is 1. The minimum atomic E-state index is 0.00573. The lowest BCUT2D eigenvalue weighted by Gasteiger charge is -2.29. The molecule has 156 valence electrons. The minimum Gasteiger partial charge on any atom is -0.484 e. The third kappa shape index (κ3) is 4.32. The molecule has 0 saturated heterocycles. The van der Waals surface area contributed by atoms with E-state index in [1.807, 2.05) is 12.1 Å². The summed E-state index contributed by atoms with van der Waals surface area (Å²) in [5.41, 5.74) is 2.38. The van der Waals surface area contributed by atoms with E-state index >= 15 is 0 Å². The van der Waals surface area contributed by atoms with Gasteiger partial charge < -0.3 is 4.74 Å². The predicted octanol–water partition coefficient (Wildman–Crippen LogP) is 4.58. The van der Waals surface area contributed by atoms with Crippen molar-refractivity contribution >= 4 is 29.3 Å². The number of carbonyl (C=O) groups is 1. The van der Waals surface area contributed by atoms with Crippen LogP contribution in [0.15, 0.2) is 53.7 Å². The molecule has 8 heteroatoms. The van der Waals surface area contributed by atoms with E-state index in [1.54, 1.807) is 21.8 Å². The molecule has 0 N–H and O–H groups in total. The predicted molar refractivity (Wildman–Crippen MR) is 119 cm³/mol. The van der Waals surface area contributed by atoms with Crippen LogP contribution < -0.4 is 9.75 Å². The highest BCUT2D eigenvalue weighted by Gasteiger charge is 2.29. The number of aromatic nitrogens is 3. The number of thioether (sulfide) groups is 1. The number of rotatable bonds is 5. The summed E-state index contributed by atoms with van der Waals surface area (Å²) in [5.74, 6) is 1.46. The van der Waals surface area contributed by atoms with Crippen LogP contribution in [0.2, 0.25) is 5.02 Å². The highest BCUT2D eigenvalue weighted by atomic mass is 35.5. The van der Waals surface area contributed by atoms with Crippen LogP contribution in [0.5, 0.6) is 5.75 Å². The molecule has 2 aromatic carbocycles. The van der Waals surface area contributed by atoms with Crippen LogP contribution in [0.3, 0.4) is 0 Å². The largest absolute Gasteiger partial charge is 0.484 e. The summed E-state index contributed by atoms with van der Waals surface area (Å²) in [6, 6.07) is 15.6. The Balaban J connectivity index is 1.57. The van der Waals surface area contributed by atoms with E-state index in [0.717, 1.165) is 5.56 Å². The van der Waals surface area contributed by atoms with Gasteiger partial charge in [-0.2, -0.15) is 0 Å². The summed E-state index contributed by atoms with van der Waals surface area (Å²) >= 11 is 7.55. The quantitative estimate of drug-likeness (QED) is 0.578. The highest BCUT2D eigenvalue weighted by molar-refractivity contribution is 7.99. The molecule has 0 unspecified atom stereocenters. The normalized spacial score (nSPS) is 14.0. The summed E-state index contributed by atoms with van der Waals surface area (Å²) in [6.45, 7) is 7.14. The first kappa shape index (κ1) is 20.8. The molecular formula is C22H23ClN4O2S. The zero-order valence-electron chi connectivity index (χ0n) is 17.1. The van der Waals surface area contributed by atoms with Crippen molar-refractivity contribution < 1.29 is 9.53 Å². The Bertz CT molecular complexity index is 1060. The molecule has 3 aromatic rings. The number of para-hydroxylation sites is 1. The van der Waals surface area contributed by atoms with Crippen molar-refractivity contribution in [2.24, 2.45) is 0 Å². The Kier molecular flexibility index (Phi) is 5.75. The molecular weight excluding hydrogens is 420 g/mol. The number of carbonyl (C=O) groups excluding carboxylic acids is 1. The molecule has 1 amide bonds. The van der Waals surface area contributed by atoms with Crippen LogP contribution in [-0.2, 0) is 23.4 Å². The Morgan fingerprint density at radius 3 is 2.53 bits per heavy atom. The maximum absolute atomic E-state index is 12.7. The second kappa shape index (κ2) is 8.32. The van der Waals surface area contributed by atoms with Gasteiger partial charge in [-0.25, -0.2) is 9.69 Å². The Labute approximate surface area is 185 Å². The van der Waals surface area contributed by atoms with Gasteiger partial charge in [0.1, 0.15) is 12.4 Å². The lowest BCUT2D eigenvalue weighted by atomic mass is 9.87. The lowest BCUT2D eigenvalue weighted by molar-refractivity contribution is -0.118. The van der Waals surface area contributed by atoms with Gasteiger partial charge >= 0.3 is 0 Å². The molecule has 1 aromatic heterocycles. The molecule has 1 aliphatic heterocycles. The third-order valence-corrected chi connectivity index (χ3v) is 6.09. The highest BCUT2D eigenvalue weighted by Crippen LogP contribution is 2.28. The van der Waals surface area contributed by atoms with Gasteiger partial charge in [-0.05, 0) is 28.7 Å². The van der Waals surface area contributed by atoms with Crippen LogP contribution in [0.4, 0.5) is 0 Å². The minimum absolute atomic E-state index is 0.00573. The second-order valence-electron chi connectivity index (χ2n) is 8.12. The van der Waals surface area contributed by atoms with Crippen molar-refractivity contribution in [3.05, 3.63) is 70.5 Å². The molecule has 0 atom stereocenters. The summed E-state index contributed by atoms with van der Waals surface area (Å²) in [4.78, 5) is 12.7. The van der Waals surface area contributed by atoms with Gasteiger partial charge in [0.05, 0.1) is 17.3 Å². The molecule has 1 aliphatic rings. The summed E-state index contributed by atoms with van der Waals surface area (Å²) in [5, 5.41) is 11.4. The van der Waals surface area contributed by atoms with Gasteiger partial charge in [-0.1, -0.05) is 80.5 Å². The average Bonchev–Trinajstić information content (AvgIpc) is 3.12. The number of fused-ring (bicyclic) bond motifs is 1. The second-order valence-corrected chi connectivity index (χ2v) is 9.47. The molecule has 30 heavy (non-hydrogen) atoms. The van der Waals surface area contributed by atoms with E-state index in [1.165, 1.54) is 17.3 Å². The number of benzene rings is 2. The molecule has 0 radical (unpaired) electrons. The first-order chi connectivity index (χ1) is 14.3. The molecule has 0 spiro atoms. The average molecular weight is 443 g/mol. The number of halogens is 1. The number of hydrogen-bond acceptors (Lipinski definition) is 5. The molecule has 0 aliphatic carbocycles. The Morgan fingerprint density at radius 2 is 1.83 bits per heavy atom. The van der Waals surface area contributed by atoms with Gasteiger partial charge in [0.15, 0.2) is 5.82 Å². The van der Waals surface area contributed by atoms with Crippen molar-refractivity contribution in [2.45, 2.75) is 44.5 Å². The SMILES string of the molecule is CC(C)(C)c1ccc(CN2C(=O)CSc3nnc(COc4ccccc4Cl)n32)cc1. The van der Waals surface area contributed by atoms with Gasteiger partial charge in [0.25, 0.3) is 5.91 Å². The monoisotopic (exact) mass is 442 g/mol. The van der Waals surface area contributed by atoms with Crippen LogP contribution >= 0.6 is 23.4 Å². The number of ether oxygens (including phenoxy) is 1. The van der Waals surface area contributed by atoms with Crippen molar-refractivity contribution in [3.63, 3.8) is 0 Å². The zero-order valence-corrected chi connectivity index (χ0v) is 18.7. The van der Waals surface area contributed by atoms with E-state index in [9.17, 15) is 4.79 Å². The topological polar surface area (TPSA) is 60.3 Å². The first-order valence-electron chi connectivity index (χ1n) is 9.67. The molecule has 0 bridgehead atoms. The fraction of sp³-hybridized carbons (Fsp3) is 0.318. The van der Waals surface area contributed by atoms with Crippen LogP contribution in [0.25, 0.3) is 0 Å².